The molecule has 0 atom stereocenters. The van der Waals surface area contributed by atoms with Crippen LogP contribution in [0, 0.1) is 0 Å². The molecule has 2 aromatic rings. The van der Waals surface area contributed by atoms with Crippen LogP contribution >= 0.6 is 0 Å². The van der Waals surface area contributed by atoms with Crippen molar-refractivity contribution in [3.63, 3.8) is 0 Å². The van der Waals surface area contributed by atoms with Gasteiger partial charge < -0.3 is 5.11 Å². The molecule has 0 fully saturated rings. The summed E-state index contributed by atoms with van der Waals surface area (Å²) in [5.74, 6) is -1.13. The fraction of sp³-hybridized carbons (Fsp3) is 0.308. The Morgan fingerprint density at radius 3 is 2.76 bits per heavy atom. The molecule has 0 bridgehead atoms. The first kappa shape index (κ1) is 15.2. The van der Waals surface area contributed by atoms with Gasteiger partial charge in [-0.25, -0.2) is 13.2 Å². The molecule has 0 aliphatic heterocycles. The van der Waals surface area contributed by atoms with E-state index < -0.39 is 15.8 Å². The Labute approximate surface area is 122 Å². The molecule has 0 unspecified atom stereocenters. The fourth-order valence-electron chi connectivity index (χ4n) is 1.79. The van der Waals surface area contributed by atoms with Crippen molar-refractivity contribution in [1.82, 2.24) is 14.8 Å². The maximum absolute atomic E-state index is 11.5. The summed E-state index contributed by atoms with van der Waals surface area (Å²) in [7, 11) is -3.13. The lowest BCUT2D eigenvalue weighted by Crippen LogP contribution is -2.15. The average molecular weight is 309 g/mol. The molecule has 0 spiro atoms. The van der Waals surface area contributed by atoms with Crippen molar-refractivity contribution >= 4 is 15.8 Å². The zero-order valence-corrected chi connectivity index (χ0v) is 12.2. The first-order chi connectivity index (χ1) is 9.93. The maximum atomic E-state index is 11.5. The second-order valence-corrected chi connectivity index (χ2v) is 6.91. The van der Waals surface area contributed by atoms with Gasteiger partial charge in [-0.1, -0.05) is 6.92 Å². The number of nitrogens with zero attached hydrogens (tertiary/aromatic N) is 3. The fourth-order valence-corrected chi connectivity index (χ4v) is 2.54. The van der Waals surface area contributed by atoms with Gasteiger partial charge in [0.05, 0.1) is 12.3 Å². The van der Waals surface area contributed by atoms with Gasteiger partial charge in [0.25, 0.3) is 0 Å². The second-order valence-electron chi connectivity index (χ2n) is 4.44. The minimum absolute atomic E-state index is 0.0249. The highest BCUT2D eigenvalue weighted by Gasteiger charge is 2.18. The third kappa shape index (κ3) is 3.66. The van der Waals surface area contributed by atoms with E-state index >= 15 is 0 Å². The lowest BCUT2D eigenvalue weighted by atomic mass is 10.1. The van der Waals surface area contributed by atoms with Gasteiger partial charge in [0, 0.05) is 29.9 Å². The molecule has 2 rings (SSSR count). The summed E-state index contributed by atoms with van der Waals surface area (Å²) in [6.07, 6.45) is 4.44. The Balaban J connectivity index is 2.32. The summed E-state index contributed by atoms with van der Waals surface area (Å²) in [6.45, 7) is 1.69. The minimum atomic E-state index is -3.13. The molecule has 0 saturated carbocycles. The topological polar surface area (TPSA) is 102 Å². The molecular formula is C13H15N3O4S. The first-order valence-electron chi connectivity index (χ1n) is 6.34. The lowest BCUT2D eigenvalue weighted by molar-refractivity contribution is 0.0697. The van der Waals surface area contributed by atoms with Crippen molar-refractivity contribution in [1.29, 1.82) is 0 Å². The zero-order chi connectivity index (χ0) is 15.5. The van der Waals surface area contributed by atoms with E-state index in [1.807, 2.05) is 0 Å². The van der Waals surface area contributed by atoms with Crippen LogP contribution < -0.4 is 0 Å². The quantitative estimate of drug-likeness (QED) is 0.856. The van der Waals surface area contributed by atoms with E-state index in [-0.39, 0.29) is 29.3 Å². The molecule has 0 amide bonds. The van der Waals surface area contributed by atoms with Gasteiger partial charge in [-0.2, -0.15) is 5.10 Å². The van der Waals surface area contributed by atoms with Crippen molar-refractivity contribution in [2.45, 2.75) is 13.5 Å². The molecule has 0 saturated heterocycles. The molecule has 0 radical (unpaired) electrons. The molecule has 2 heterocycles. The average Bonchev–Trinajstić information content (AvgIpc) is 2.91. The van der Waals surface area contributed by atoms with Crippen LogP contribution in [0.1, 0.15) is 17.3 Å². The van der Waals surface area contributed by atoms with Crippen molar-refractivity contribution in [2.24, 2.45) is 0 Å². The maximum Gasteiger partial charge on any atom is 0.339 e. The number of hydrogen-bond donors (Lipinski definition) is 1. The first-order valence-corrected chi connectivity index (χ1v) is 8.16. The van der Waals surface area contributed by atoms with Crippen LogP contribution in [-0.4, -0.2) is 45.8 Å². The number of carboxylic acids is 1. The number of carbonyl (C=O) groups is 1. The number of aryl methyl sites for hydroxylation is 1. The van der Waals surface area contributed by atoms with Gasteiger partial charge >= 0.3 is 5.97 Å². The molecule has 0 aliphatic carbocycles. The largest absolute Gasteiger partial charge is 0.478 e. The lowest BCUT2D eigenvalue weighted by Gasteiger charge is -2.01. The second kappa shape index (κ2) is 6.04. The Morgan fingerprint density at radius 2 is 2.19 bits per heavy atom. The molecule has 0 aliphatic rings. The normalized spacial score (nSPS) is 11.5. The summed E-state index contributed by atoms with van der Waals surface area (Å²) in [5, 5.41) is 13.4. The van der Waals surface area contributed by atoms with Gasteiger partial charge in [0.2, 0.25) is 0 Å². The SMILES string of the molecule is CCS(=O)(=O)CCn1cc(C(=O)O)c(-c2cccnc2)n1. The summed E-state index contributed by atoms with van der Waals surface area (Å²) in [4.78, 5) is 15.2. The molecule has 8 heteroatoms. The van der Waals surface area contributed by atoms with E-state index in [2.05, 4.69) is 10.1 Å². The van der Waals surface area contributed by atoms with Gasteiger partial charge in [0.15, 0.2) is 9.84 Å². The van der Waals surface area contributed by atoms with Crippen LogP contribution in [-0.2, 0) is 16.4 Å². The zero-order valence-electron chi connectivity index (χ0n) is 11.4. The number of hydrogen-bond acceptors (Lipinski definition) is 5. The van der Waals surface area contributed by atoms with E-state index in [0.717, 1.165) is 0 Å². The smallest absolute Gasteiger partial charge is 0.339 e. The number of rotatable bonds is 6. The van der Waals surface area contributed by atoms with E-state index in [1.54, 1.807) is 25.3 Å². The highest BCUT2D eigenvalue weighted by molar-refractivity contribution is 7.91. The van der Waals surface area contributed by atoms with Crippen LogP contribution in [0.3, 0.4) is 0 Å². The highest BCUT2D eigenvalue weighted by Crippen LogP contribution is 2.21. The number of aromatic nitrogens is 3. The number of pyridine rings is 1. The predicted octanol–water partition coefficient (Wildman–Crippen LogP) is 1.08. The van der Waals surface area contributed by atoms with Crippen molar-refractivity contribution in [3.05, 3.63) is 36.3 Å². The third-order valence-electron chi connectivity index (χ3n) is 3.00. The Bertz CT molecular complexity index is 738. The monoisotopic (exact) mass is 309 g/mol. The number of aromatic carboxylic acids is 1. The van der Waals surface area contributed by atoms with Gasteiger partial charge in [-0.3, -0.25) is 9.67 Å². The molecular weight excluding hydrogens is 294 g/mol. The van der Waals surface area contributed by atoms with Gasteiger partial charge in [-0.05, 0) is 12.1 Å². The molecule has 1 N–H and O–H groups in total. The van der Waals surface area contributed by atoms with Crippen LogP contribution in [0.25, 0.3) is 11.3 Å². The number of sulfone groups is 1. The Kier molecular flexibility index (Phi) is 4.37. The molecule has 2 aromatic heterocycles. The van der Waals surface area contributed by atoms with Gasteiger partial charge in [-0.15, -0.1) is 0 Å². The van der Waals surface area contributed by atoms with E-state index in [9.17, 15) is 18.3 Å². The van der Waals surface area contributed by atoms with Gasteiger partial charge in [0.1, 0.15) is 11.3 Å². The van der Waals surface area contributed by atoms with Crippen molar-refractivity contribution in [2.75, 3.05) is 11.5 Å². The minimum Gasteiger partial charge on any atom is -0.478 e. The Hall–Kier alpha value is -2.22. The highest BCUT2D eigenvalue weighted by atomic mass is 32.2. The van der Waals surface area contributed by atoms with Crippen LogP contribution in [0.5, 0.6) is 0 Å². The Morgan fingerprint density at radius 1 is 1.43 bits per heavy atom. The van der Waals surface area contributed by atoms with Crippen LogP contribution in [0.2, 0.25) is 0 Å². The summed E-state index contributed by atoms with van der Waals surface area (Å²) in [6, 6.07) is 3.39. The van der Waals surface area contributed by atoms with Crippen molar-refractivity contribution in [3.8, 4) is 11.3 Å². The molecule has 21 heavy (non-hydrogen) atoms. The third-order valence-corrected chi connectivity index (χ3v) is 4.68. The summed E-state index contributed by atoms with van der Waals surface area (Å²) < 4.78 is 24.3. The van der Waals surface area contributed by atoms with Crippen LogP contribution in [0.15, 0.2) is 30.7 Å². The predicted molar refractivity (Wildman–Crippen MR) is 76.7 cm³/mol. The van der Waals surface area contributed by atoms with E-state index in [1.165, 1.54) is 17.1 Å². The van der Waals surface area contributed by atoms with Crippen molar-refractivity contribution < 1.29 is 18.3 Å². The molecule has 112 valence electrons. The van der Waals surface area contributed by atoms with Crippen LogP contribution in [0.4, 0.5) is 0 Å². The standard InChI is InChI=1S/C13H15N3O4S/c1-2-21(19,20)7-6-16-9-11(13(17)18)12(15-16)10-4-3-5-14-8-10/h3-5,8-9H,2,6-7H2,1H3,(H,17,18). The molecule has 0 aromatic carbocycles. The summed E-state index contributed by atoms with van der Waals surface area (Å²) >= 11 is 0. The van der Waals surface area contributed by atoms with E-state index in [4.69, 9.17) is 0 Å². The molecule has 7 nitrogen and oxygen atoms in total. The van der Waals surface area contributed by atoms with E-state index in [0.29, 0.717) is 5.56 Å². The summed E-state index contributed by atoms with van der Waals surface area (Å²) in [5.41, 5.74) is 0.883. The number of carboxylic acid groups (broad SMARTS) is 1.